The third-order valence-electron chi connectivity index (χ3n) is 4.66. The van der Waals surface area contributed by atoms with Crippen LogP contribution in [0, 0.1) is 5.82 Å². The minimum Gasteiger partial charge on any atom is -0.465 e. The van der Waals surface area contributed by atoms with Crippen LogP contribution in [0.25, 0.3) is 16.8 Å². The highest BCUT2D eigenvalue weighted by Crippen LogP contribution is 2.39. The molecule has 1 heterocycles. The average molecular weight is 503 g/mol. The van der Waals surface area contributed by atoms with Gasteiger partial charge in [-0.05, 0) is 42.3 Å². The van der Waals surface area contributed by atoms with Gasteiger partial charge in [0.25, 0.3) is 5.56 Å². The molecule has 3 aromatic rings. The molecule has 1 atom stereocenters. The lowest BCUT2D eigenvalue weighted by Crippen LogP contribution is -2.27. The molecular weight excluding hydrogens is 487 g/mol. The van der Waals surface area contributed by atoms with Crippen LogP contribution in [0.4, 0.5) is 17.6 Å². The molecule has 0 saturated heterocycles. The lowest BCUT2D eigenvalue weighted by atomic mass is 9.96. The molecular formula is C22H16Cl2F4N2O3. The van der Waals surface area contributed by atoms with Crippen LogP contribution in [-0.4, -0.2) is 28.5 Å². The number of benzene rings is 2. The fraction of sp³-hybridized carbons (Fsp3) is 0.227. The number of hydrogen-bond acceptors (Lipinski definition) is 4. The summed E-state index contributed by atoms with van der Waals surface area (Å²) in [6.07, 6.45) is -1.27. The topological polar surface area (TPSA) is 61.2 Å². The number of allylic oxidation sites excluding steroid dienone is 1. The van der Waals surface area contributed by atoms with Gasteiger partial charge in [-0.15, -0.1) is 0 Å². The van der Waals surface area contributed by atoms with Gasteiger partial charge >= 0.3 is 12.1 Å². The number of nitrogens with zero attached hydrogens (tertiary/aromatic N) is 2. The van der Waals surface area contributed by atoms with Crippen molar-refractivity contribution in [3.8, 4) is 0 Å². The molecule has 0 aliphatic carbocycles. The van der Waals surface area contributed by atoms with E-state index in [1.54, 1.807) is 6.92 Å². The van der Waals surface area contributed by atoms with Crippen LogP contribution in [0.1, 0.15) is 24.0 Å². The van der Waals surface area contributed by atoms with E-state index in [2.05, 4.69) is 5.10 Å². The third kappa shape index (κ3) is 5.72. The Morgan fingerprint density at radius 2 is 1.88 bits per heavy atom. The second-order valence-corrected chi connectivity index (χ2v) is 7.75. The number of alkyl halides is 3. The van der Waals surface area contributed by atoms with Crippen LogP contribution in [0.2, 0.25) is 10.0 Å². The summed E-state index contributed by atoms with van der Waals surface area (Å²) in [4.78, 5) is 24.1. The van der Waals surface area contributed by atoms with Crippen LogP contribution in [-0.2, 0) is 16.1 Å². The quantitative estimate of drug-likeness (QED) is 0.244. The van der Waals surface area contributed by atoms with E-state index >= 15 is 0 Å². The second-order valence-electron chi connectivity index (χ2n) is 6.94. The Labute approximate surface area is 195 Å². The Bertz CT molecular complexity index is 1270. The third-order valence-corrected chi connectivity index (χ3v) is 5.21. The van der Waals surface area contributed by atoms with Crippen LogP contribution in [0.3, 0.4) is 0 Å². The molecule has 5 nitrogen and oxygen atoms in total. The van der Waals surface area contributed by atoms with Gasteiger partial charge in [-0.25, -0.2) is 9.07 Å². The zero-order chi connectivity index (χ0) is 24.3. The van der Waals surface area contributed by atoms with Crippen molar-refractivity contribution in [2.24, 2.45) is 0 Å². The van der Waals surface area contributed by atoms with E-state index in [0.717, 1.165) is 22.9 Å². The summed E-state index contributed by atoms with van der Waals surface area (Å²) in [5.41, 5.74) is -0.500. The SMILES string of the molecule is CCOC(=O)Cn1ncc2cc(C=CC(c3cc(Cl)c(F)c(Cl)c3)C(F)(F)F)ccc2c1=O. The van der Waals surface area contributed by atoms with Crippen molar-refractivity contribution >= 4 is 46.0 Å². The Morgan fingerprint density at radius 1 is 1.21 bits per heavy atom. The maximum atomic E-state index is 13.7. The van der Waals surface area contributed by atoms with Crippen LogP contribution in [0.15, 0.2) is 47.4 Å². The van der Waals surface area contributed by atoms with Crippen molar-refractivity contribution in [1.82, 2.24) is 9.78 Å². The maximum absolute atomic E-state index is 13.7. The lowest BCUT2D eigenvalue weighted by Gasteiger charge is -2.18. The number of carbonyl (C=O) groups excluding carboxylic acids is 1. The highest BCUT2D eigenvalue weighted by Gasteiger charge is 2.39. The standard InChI is InChI=1S/C22H16Cl2F4N2O3/c1-2-33-19(31)11-30-21(32)15-5-3-12(7-14(15)10-29-30)4-6-16(22(26,27)28)13-8-17(23)20(25)18(24)9-13/h3-10,16H,2,11H2,1H3. The van der Waals surface area contributed by atoms with Crippen molar-refractivity contribution in [2.45, 2.75) is 25.6 Å². The molecule has 0 amide bonds. The number of halogens is 6. The molecule has 0 saturated carbocycles. The number of rotatable bonds is 6. The van der Waals surface area contributed by atoms with Gasteiger partial charge in [0.15, 0.2) is 5.82 Å². The molecule has 11 heteroatoms. The van der Waals surface area contributed by atoms with Gasteiger partial charge in [-0.2, -0.15) is 18.3 Å². The van der Waals surface area contributed by atoms with Crippen LogP contribution in [0.5, 0.6) is 0 Å². The molecule has 2 aromatic carbocycles. The monoisotopic (exact) mass is 502 g/mol. The molecule has 0 aliphatic heterocycles. The molecule has 0 fully saturated rings. The highest BCUT2D eigenvalue weighted by atomic mass is 35.5. The number of carbonyl (C=O) groups is 1. The van der Waals surface area contributed by atoms with Crippen molar-refractivity contribution in [1.29, 1.82) is 0 Å². The van der Waals surface area contributed by atoms with E-state index in [-0.39, 0.29) is 24.1 Å². The summed E-state index contributed by atoms with van der Waals surface area (Å²) in [6, 6.07) is 6.11. The number of fused-ring (bicyclic) bond motifs is 1. The first-order valence-corrected chi connectivity index (χ1v) is 10.3. The summed E-state index contributed by atoms with van der Waals surface area (Å²) < 4.78 is 60.3. The zero-order valence-corrected chi connectivity index (χ0v) is 18.5. The Balaban J connectivity index is 1.94. The van der Waals surface area contributed by atoms with Crippen molar-refractivity contribution in [3.63, 3.8) is 0 Å². The van der Waals surface area contributed by atoms with Crippen LogP contribution >= 0.6 is 23.2 Å². The summed E-state index contributed by atoms with van der Waals surface area (Å²) in [7, 11) is 0. The smallest absolute Gasteiger partial charge is 0.399 e. The minimum absolute atomic E-state index is 0.159. The van der Waals surface area contributed by atoms with Gasteiger partial charge in [0.05, 0.1) is 34.2 Å². The molecule has 0 bridgehead atoms. The number of hydrogen-bond donors (Lipinski definition) is 0. The maximum Gasteiger partial charge on any atom is 0.399 e. The molecule has 1 aromatic heterocycles. The van der Waals surface area contributed by atoms with Gasteiger partial charge in [0, 0.05) is 5.39 Å². The normalized spacial score (nSPS) is 12.9. The predicted octanol–water partition coefficient (Wildman–Crippen LogP) is 5.76. The van der Waals surface area contributed by atoms with Crippen LogP contribution < -0.4 is 5.56 Å². The van der Waals surface area contributed by atoms with E-state index < -0.39 is 39.5 Å². The molecule has 0 N–H and O–H groups in total. The minimum atomic E-state index is -4.69. The number of aromatic nitrogens is 2. The molecule has 174 valence electrons. The summed E-state index contributed by atoms with van der Waals surface area (Å²) in [5.74, 6) is -3.72. The highest BCUT2D eigenvalue weighted by molar-refractivity contribution is 6.35. The number of esters is 1. The van der Waals surface area contributed by atoms with Crippen molar-refractivity contribution in [3.05, 3.63) is 79.9 Å². The van der Waals surface area contributed by atoms with Gasteiger partial charge in [-0.3, -0.25) is 9.59 Å². The van der Waals surface area contributed by atoms with Gasteiger partial charge in [0.2, 0.25) is 0 Å². The summed E-state index contributed by atoms with van der Waals surface area (Å²) in [6.45, 7) is 1.43. The molecule has 0 spiro atoms. The molecule has 3 rings (SSSR count). The molecule has 0 aliphatic rings. The second kappa shape index (κ2) is 9.93. The number of ether oxygens (including phenoxy) is 1. The van der Waals surface area contributed by atoms with E-state index in [9.17, 15) is 27.2 Å². The first kappa shape index (κ1) is 24.7. The lowest BCUT2D eigenvalue weighted by molar-refractivity contribution is -0.144. The predicted molar refractivity (Wildman–Crippen MR) is 117 cm³/mol. The molecule has 33 heavy (non-hydrogen) atoms. The summed E-state index contributed by atoms with van der Waals surface area (Å²) >= 11 is 11.3. The first-order valence-electron chi connectivity index (χ1n) is 9.56. The molecule has 1 unspecified atom stereocenters. The van der Waals surface area contributed by atoms with E-state index in [4.69, 9.17) is 27.9 Å². The van der Waals surface area contributed by atoms with Crippen molar-refractivity contribution in [2.75, 3.05) is 6.61 Å². The van der Waals surface area contributed by atoms with E-state index in [0.29, 0.717) is 10.9 Å². The van der Waals surface area contributed by atoms with Crippen molar-refractivity contribution < 1.29 is 27.1 Å². The van der Waals surface area contributed by atoms with E-state index in [1.807, 2.05) is 0 Å². The van der Waals surface area contributed by atoms with Gasteiger partial charge in [-0.1, -0.05) is 41.4 Å². The van der Waals surface area contributed by atoms with Gasteiger partial charge in [0.1, 0.15) is 6.54 Å². The van der Waals surface area contributed by atoms with Gasteiger partial charge < -0.3 is 4.74 Å². The fourth-order valence-electron chi connectivity index (χ4n) is 3.12. The largest absolute Gasteiger partial charge is 0.465 e. The average Bonchev–Trinajstić information content (AvgIpc) is 2.73. The Morgan fingerprint density at radius 3 is 2.48 bits per heavy atom. The Hall–Kier alpha value is -2.91. The molecule has 0 radical (unpaired) electrons. The van der Waals surface area contributed by atoms with E-state index in [1.165, 1.54) is 30.5 Å². The zero-order valence-electron chi connectivity index (χ0n) is 17.0. The fourth-order valence-corrected chi connectivity index (χ4v) is 3.63. The first-order chi connectivity index (χ1) is 15.5. The Kier molecular flexibility index (Phi) is 7.44. The summed E-state index contributed by atoms with van der Waals surface area (Å²) in [5, 5.41) is 3.48.